The molecule has 0 radical (unpaired) electrons. The van der Waals surface area contributed by atoms with Gasteiger partial charge < -0.3 is 10.0 Å². The van der Waals surface area contributed by atoms with Crippen LogP contribution in [-0.4, -0.2) is 69.2 Å². The van der Waals surface area contributed by atoms with Crippen LogP contribution in [0.4, 0.5) is 0 Å². The average Bonchev–Trinajstić information content (AvgIpc) is 3.22. The lowest BCUT2D eigenvalue weighted by Gasteiger charge is -2.57. The zero-order chi connectivity index (χ0) is 20.1. The molecular formula is C21H34N4O3. The number of carboxylic acid groups (broad SMARTS) is 1. The third-order valence-electron chi connectivity index (χ3n) is 6.68. The molecule has 0 aliphatic carbocycles. The van der Waals surface area contributed by atoms with Crippen LogP contribution in [0.3, 0.4) is 0 Å². The number of hydrogen-bond donors (Lipinski definition) is 2. The number of carbonyl (C=O) groups is 2. The maximum atomic E-state index is 12.9. The van der Waals surface area contributed by atoms with Crippen molar-refractivity contribution in [3.05, 3.63) is 18.0 Å². The number of likely N-dealkylation sites (tertiary alicyclic amines) is 1. The molecule has 0 spiro atoms. The summed E-state index contributed by atoms with van der Waals surface area (Å²) >= 11 is 0. The van der Waals surface area contributed by atoms with E-state index in [1.165, 1.54) is 45.1 Å². The van der Waals surface area contributed by atoms with E-state index in [0.717, 1.165) is 19.0 Å². The van der Waals surface area contributed by atoms with E-state index in [1.807, 2.05) is 0 Å². The van der Waals surface area contributed by atoms with Gasteiger partial charge in [0.25, 0.3) is 12.4 Å². The number of aromatic nitrogens is 2. The first-order chi connectivity index (χ1) is 13.5. The van der Waals surface area contributed by atoms with Gasteiger partial charge in [0.05, 0.1) is 0 Å². The minimum atomic E-state index is -0.250. The van der Waals surface area contributed by atoms with E-state index in [1.54, 1.807) is 12.3 Å². The minimum absolute atomic E-state index is 0.138. The molecular weight excluding hydrogens is 356 g/mol. The number of carbonyl (C=O) groups excluding carboxylic acids is 1. The first-order valence-electron chi connectivity index (χ1n) is 10.7. The van der Waals surface area contributed by atoms with Crippen molar-refractivity contribution in [2.24, 2.45) is 17.8 Å². The van der Waals surface area contributed by atoms with Crippen LogP contribution in [0, 0.1) is 17.8 Å². The fourth-order valence-corrected chi connectivity index (χ4v) is 5.52. The fraction of sp³-hybridized carbons (Fsp3) is 0.762. The van der Waals surface area contributed by atoms with Crippen molar-refractivity contribution >= 4 is 12.4 Å². The highest BCUT2D eigenvalue weighted by atomic mass is 16.3. The van der Waals surface area contributed by atoms with Gasteiger partial charge >= 0.3 is 0 Å². The van der Waals surface area contributed by atoms with Crippen molar-refractivity contribution in [3.8, 4) is 0 Å². The van der Waals surface area contributed by atoms with Gasteiger partial charge in [-0.25, -0.2) is 0 Å². The molecule has 1 amide bonds. The van der Waals surface area contributed by atoms with Gasteiger partial charge in [-0.2, -0.15) is 5.10 Å². The smallest absolute Gasteiger partial charge is 0.290 e. The number of piperidine rings is 3. The van der Waals surface area contributed by atoms with Gasteiger partial charge in [0.1, 0.15) is 5.69 Å². The first-order valence-corrected chi connectivity index (χ1v) is 10.7. The number of nitrogens with one attached hydrogen (secondary N) is 1. The molecule has 3 aliphatic rings. The molecule has 2 N–H and O–H groups in total. The van der Waals surface area contributed by atoms with Gasteiger partial charge in [0.15, 0.2) is 0 Å². The molecule has 28 heavy (non-hydrogen) atoms. The molecule has 3 aliphatic heterocycles. The molecule has 4 rings (SSSR count). The second-order valence-electron chi connectivity index (χ2n) is 8.88. The van der Waals surface area contributed by atoms with Gasteiger partial charge in [-0.05, 0) is 62.5 Å². The third kappa shape index (κ3) is 4.57. The van der Waals surface area contributed by atoms with Gasteiger partial charge in [-0.1, -0.05) is 20.3 Å². The van der Waals surface area contributed by atoms with E-state index < -0.39 is 0 Å². The van der Waals surface area contributed by atoms with Gasteiger partial charge in [0, 0.05) is 31.4 Å². The van der Waals surface area contributed by atoms with E-state index in [0.29, 0.717) is 29.6 Å². The topological polar surface area (TPSA) is 89.5 Å². The largest absolute Gasteiger partial charge is 0.483 e. The predicted molar refractivity (Wildman–Crippen MR) is 107 cm³/mol. The van der Waals surface area contributed by atoms with E-state index in [2.05, 4.69) is 33.8 Å². The van der Waals surface area contributed by atoms with Crippen LogP contribution in [0.5, 0.6) is 0 Å². The lowest BCUT2D eigenvalue weighted by molar-refractivity contribution is -0.122. The molecule has 0 aromatic carbocycles. The molecule has 1 aromatic heterocycles. The molecule has 3 fully saturated rings. The zero-order valence-electron chi connectivity index (χ0n) is 17.1. The summed E-state index contributed by atoms with van der Waals surface area (Å²) in [5.41, 5.74) is 0.638. The van der Waals surface area contributed by atoms with Crippen molar-refractivity contribution in [2.45, 2.75) is 64.5 Å². The van der Waals surface area contributed by atoms with Gasteiger partial charge in [-0.15, -0.1) is 0 Å². The summed E-state index contributed by atoms with van der Waals surface area (Å²) < 4.78 is 0. The number of fused-ring (bicyclic) bond motifs is 4. The number of hydrogen-bond acceptors (Lipinski definition) is 4. The zero-order valence-corrected chi connectivity index (χ0v) is 17.1. The van der Waals surface area contributed by atoms with Crippen LogP contribution >= 0.6 is 0 Å². The maximum Gasteiger partial charge on any atom is 0.290 e. The summed E-state index contributed by atoms with van der Waals surface area (Å²) in [4.78, 5) is 26.2. The van der Waals surface area contributed by atoms with Crippen molar-refractivity contribution in [3.63, 3.8) is 0 Å². The van der Waals surface area contributed by atoms with Gasteiger partial charge in [0.2, 0.25) is 0 Å². The summed E-state index contributed by atoms with van der Waals surface area (Å²) in [6.07, 6.45) is 9.60. The van der Waals surface area contributed by atoms with Crippen molar-refractivity contribution in [1.29, 1.82) is 0 Å². The van der Waals surface area contributed by atoms with Crippen LogP contribution in [-0.2, 0) is 4.79 Å². The molecule has 4 heterocycles. The van der Waals surface area contributed by atoms with Gasteiger partial charge in [-0.3, -0.25) is 19.6 Å². The van der Waals surface area contributed by atoms with Crippen LogP contribution in [0.15, 0.2) is 12.3 Å². The Morgan fingerprint density at radius 1 is 1.36 bits per heavy atom. The Kier molecular flexibility index (Phi) is 7.10. The Labute approximate surface area is 167 Å². The van der Waals surface area contributed by atoms with Crippen LogP contribution in [0.1, 0.15) is 62.9 Å². The highest BCUT2D eigenvalue weighted by molar-refractivity contribution is 5.92. The lowest BCUT2D eigenvalue weighted by Crippen LogP contribution is -2.64. The molecule has 4 atom stereocenters. The molecule has 7 heteroatoms. The van der Waals surface area contributed by atoms with E-state index >= 15 is 0 Å². The summed E-state index contributed by atoms with van der Waals surface area (Å²) in [7, 11) is 0. The summed E-state index contributed by atoms with van der Waals surface area (Å²) in [5.74, 6) is 2.19. The monoisotopic (exact) mass is 390 g/mol. The number of nitrogens with zero attached hydrogens (tertiary/aromatic N) is 3. The van der Waals surface area contributed by atoms with Crippen LogP contribution in [0.2, 0.25) is 0 Å². The van der Waals surface area contributed by atoms with E-state index in [-0.39, 0.29) is 12.4 Å². The standard InChI is InChI=1S/C20H32N4O.CH2O2/c1-14(2)6-7-19-16-11-15(18-5-3-4-10-24(18)19)12-23(13-16)20(25)17-8-9-21-22-17;2-1-3/h8-9,14-16,18-19H,3-7,10-13H2,1-2H3,(H,21,22);1H,(H,2,3)/t15-,16+,18+,19+;/m1./s1. The summed E-state index contributed by atoms with van der Waals surface area (Å²) in [6.45, 7) is 7.52. The molecule has 156 valence electrons. The highest BCUT2D eigenvalue weighted by Gasteiger charge is 2.47. The predicted octanol–water partition coefficient (Wildman–Crippen LogP) is 2.86. The molecule has 3 saturated heterocycles. The number of rotatable bonds is 4. The Hall–Kier alpha value is -1.89. The Balaban J connectivity index is 0.000000706. The maximum absolute atomic E-state index is 12.9. The quantitative estimate of drug-likeness (QED) is 0.772. The number of amides is 1. The number of H-pyrrole nitrogens is 1. The second kappa shape index (κ2) is 9.54. The molecule has 1 aromatic rings. The highest BCUT2D eigenvalue weighted by Crippen LogP contribution is 2.42. The Morgan fingerprint density at radius 3 is 2.79 bits per heavy atom. The van der Waals surface area contributed by atoms with E-state index in [4.69, 9.17) is 9.90 Å². The van der Waals surface area contributed by atoms with Crippen LogP contribution in [0.25, 0.3) is 0 Å². The lowest BCUT2D eigenvalue weighted by atomic mass is 9.71. The van der Waals surface area contributed by atoms with E-state index in [9.17, 15) is 4.79 Å². The molecule has 0 saturated carbocycles. The van der Waals surface area contributed by atoms with Crippen molar-refractivity contribution in [1.82, 2.24) is 20.0 Å². The SMILES string of the molecule is CC(C)CC[C@H]1[C@H]2C[C@H](CN(C(=O)c3ccn[nH]3)C2)[C@@H]2CCCCN21.O=CO. The molecule has 0 unspecified atom stereocenters. The Bertz CT molecular complexity index is 634. The summed E-state index contributed by atoms with van der Waals surface area (Å²) in [6, 6.07) is 3.16. The van der Waals surface area contributed by atoms with Crippen molar-refractivity contribution in [2.75, 3.05) is 19.6 Å². The minimum Gasteiger partial charge on any atom is -0.483 e. The Morgan fingerprint density at radius 2 is 2.11 bits per heavy atom. The molecule has 2 bridgehead atoms. The second-order valence-corrected chi connectivity index (χ2v) is 8.88. The average molecular weight is 391 g/mol. The fourth-order valence-electron chi connectivity index (χ4n) is 5.52. The first kappa shape index (κ1) is 20.8. The normalized spacial score (nSPS) is 29.6. The third-order valence-corrected chi connectivity index (χ3v) is 6.68. The van der Waals surface area contributed by atoms with Crippen molar-refractivity contribution < 1.29 is 14.7 Å². The van der Waals surface area contributed by atoms with Crippen LogP contribution < -0.4 is 0 Å². The summed E-state index contributed by atoms with van der Waals surface area (Å²) in [5, 5.41) is 13.7. The molecule has 7 nitrogen and oxygen atoms in total. The number of aromatic amines is 1.